The van der Waals surface area contributed by atoms with Gasteiger partial charge in [0.2, 0.25) is 10.4 Å². The van der Waals surface area contributed by atoms with Gasteiger partial charge < -0.3 is 19.7 Å². The van der Waals surface area contributed by atoms with Gasteiger partial charge in [0.05, 0.1) is 45.4 Å². The van der Waals surface area contributed by atoms with Crippen LogP contribution in [0.1, 0.15) is 51.6 Å². The van der Waals surface area contributed by atoms with E-state index in [0.29, 0.717) is 27.9 Å². The van der Waals surface area contributed by atoms with Gasteiger partial charge in [-0.25, -0.2) is 8.42 Å². The number of nitrogens with zero attached hydrogens (tertiary/aromatic N) is 1. The summed E-state index contributed by atoms with van der Waals surface area (Å²) in [6.07, 6.45) is 2.16. The molecule has 9 nitrogen and oxygen atoms in total. The van der Waals surface area contributed by atoms with Crippen molar-refractivity contribution in [3.05, 3.63) is 58.7 Å². The average molecular weight is 492 g/mol. The lowest BCUT2D eigenvalue weighted by molar-refractivity contribution is -0.890. The first-order chi connectivity index (χ1) is 16.0. The molecule has 2 aromatic rings. The van der Waals surface area contributed by atoms with Crippen LogP contribution in [-0.2, 0) is 14.6 Å². The standard InChI is InChI=1S/C23H29N3O2.CH4O4S/c1-5-14-26(3,4)15-8-13-25-19-12-11-18(24-2)20-21(19)23(28)17-10-7-6-9-16(17)22(20)27;1-5-6(2,3)4/h6-7,9-12H,5,8,13-15H2,1-4H3,(H-,24,25,27,28);1H3,(H,2,3,4). The third-order valence-electron chi connectivity index (χ3n) is 5.63. The molecule has 0 fully saturated rings. The first kappa shape index (κ1) is 27.5. The Morgan fingerprint density at radius 3 is 1.91 bits per heavy atom. The van der Waals surface area contributed by atoms with E-state index in [0.717, 1.165) is 49.8 Å². The summed E-state index contributed by atoms with van der Waals surface area (Å²) in [7, 11) is 2.65. The van der Waals surface area contributed by atoms with Gasteiger partial charge in [0.15, 0.2) is 11.6 Å². The number of carbonyl (C=O) groups is 2. The first-order valence-corrected chi connectivity index (χ1v) is 12.4. The van der Waals surface area contributed by atoms with Crippen molar-refractivity contribution in [1.29, 1.82) is 0 Å². The predicted octanol–water partition coefficient (Wildman–Crippen LogP) is 2.89. The number of hydrogen-bond acceptors (Lipinski definition) is 8. The number of rotatable bonds is 9. The maximum atomic E-state index is 13.2. The molecule has 0 bridgehead atoms. The first-order valence-electron chi connectivity index (χ1n) is 11.1. The van der Waals surface area contributed by atoms with Crippen LogP contribution in [0.2, 0.25) is 0 Å². The Kier molecular flexibility index (Phi) is 9.34. The lowest BCUT2D eigenvalue weighted by Gasteiger charge is -2.29. The summed E-state index contributed by atoms with van der Waals surface area (Å²) >= 11 is 0. The molecule has 0 unspecified atom stereocenters. The van der Waals surface area contributed by atoms with Crippen molar-refractivity contribution in [2.45, 2.75) is 19.8 Å². The van der Waals surface area contributed by atoms with Crippen LogP contribution in [0.25, 0.3) is 0 Å². The van der Waals surface area contributed by atoms with E-state index in [-0.39, 0.29) is 11.6 Å². The molecule has 0 aliphatic heterocycles. The fourth-order valence-corrected chi connectivity index (χ4v) is 4.03. The van der Waals surface area contributed by atoms with Gasteiger partial charge in [0.25, 0.3) is 0 Å². The number of carbonyl (C=O) groups excluding carboxylic acids is 2. The Bertz CT molecular complexity index is 1150. The topological polar surface area (TPSA) is 125 Å². The molecule has 0 amide bonds. The molecular weight excluding hydrogens is 458 g/mol. The lowest BCUT2D eigenvalue weighted by atomic mass is 9.82. The second-order valence-electron chi connectivity index (χ2n) is 8.60. The lowest BCUT2D eigenvalue weighted by Crippen LogP contribution is -2.41. The van der Waals surface area contributed by atoms with Gasteiger partial charge in [-0.2, -0.15) is 0 Å². The van der Waals surface area contributed by atoms with Crippen molar-refractivity contribution < 1.29 is 31.2 Å². The Hall–Kier alpha value is -2.79. The minimum Gasteiger partial charge on any atom is -0.726 e. The Morgan fingerprint density at radius 1 is 0.941 bits per heavy atom. The molecule has 0 aromatic heterocycles. The number of fused-ring (bicyclic) bond motifs is 2. The number of hydrogen-bond donors (Lipinski definition) is 2. The van der Waals surface area contributed by atoms with Gasteiger partial charge in [0, 0.05) is 42.5 Å². The van der Waals surface area contributed by atoms with Crippen molar-refractivity contribution in [1.82, 2.24) is 0 Å². The minimum absolute atomic E-state index is 0.0908. The van der Waals surface area contributed by atoms with E-state index in [4.69, 9.17) is 0 Å². The molecule has 10 heteroatoms. The van der Waals surface area contributed by atoms with Crippen LogP contribution in [0.5, 0.6) is 0 Å². The van der Waals surface area contributed by atoms with E-state index in [1.807, 2.05) is 12.1 Å². The van der Waals surface area contributed by atoms with E-state index < -0.39 is 10.4 Å². The number of benzene rings is 2. The van der Waals surface area contributed by atoms with E-state index in [9.17, 15) is 22.6 Å². The molecule has 0 saturated heterocycles. The largest absolute Gasteiger partial charge is 0.726 e. The second-order valence-corrected chi connectivity index (χ2v) is 9.75. The van der Waals surface area contributed by atoms with E-state index in [2.05, 4.69) is 35.8 Å². The quantitative estimate of drug-likeness (QED) is 0.203. The molecule has 0 radical (unpaired) electrons. The van der Waals surface area contributed by atoms with Crippen molar-refractivity contribution >= 4 is 33.3 Å². The molecule has 1 aliphatic carbocycles. The van der Waals surface area contributed by atoms with Crippen LogP contribution < -0.4 is 10.6 Å². The van der Waals surface area contributed by atoms with Crippen molar-refractivity contribution in [2.24, 2.45) is 0 Å². The monoisotopic (exact) mass is 491 g/mol. The summed E-state index contributed by atoms with van der Waals surface area (Å²) in [6.45, 7) is 5.18. The third-order valence-corrected chi connectivity index (χ3v) is 6.04. The SMILES string of the molecule is CCC[N+](C)(C)CCCNc1ccc(NC)c2c1C(=O)c1ccccc1C2=O.COS(=O)(=O)[O-]. The molecule has 0 spiro atoms. The maximum Gasteiger partial charge on any atom is 0.217 e. The van der Waals surface area contributed by atoms with E-state index in [1.165, 1.54) is 0 Å². The fraction of sp³-hybridized carbons (Fsp3) is 0.417. The van der Waals surface area contributed by atoms with Gasteiger partial charge in [-0.3, -0.25) is 13.8 Å². The fourth-order valence-electron chi connectivity index (χ4n) is 4.03. The molecule has 0 atom stereocenters. The highest BCUT2D eigenvalue weighted by Gasteiger charge is 2.33. The molecule has 0 saturated carbocycles. The van der Waals surface area contributed by atoms with Gasteiger partial charge in [0.1, 0.15) is 0 Å². The molecule has 2 aromatic carbocycles. The minimum atomic E-state index is -4.41. The highest BCUT2D eigenvalue weighted by atomic mass is 32.3. The Labute approximate surface area is 201 Å². The molecule has 3 rings (SSSR count). The van der Waals surface area contributed by atoms with E-state index >= 15 is 0 Å². The molecule has 2 N–H and O–H groups in total. The van der Waals surface area contributed by atoms with Gasteiger partial charge in [-0.15, -0.1) is 0 Å². The average Bonchev–Trinajstić information content (AvgIpc) is 2.79. The van der Waals surface area contributed by atoms with Crippen molar-refractivity contribution in [2.75, 3.05) is 58.5 Å². The normalized spacial score (nSPS) is 12.9. The summed E-state index contributed by atoms with van der Waals surface area (Å²) in [4.78, 5) is 26.3. The van der Waals surface area contributed by atoms with E-state index in [1.54, 1.807) is 31.3 Å². The highest BCUT2D eigenvalue weighted by Crippen LogP contribution is 2.36. The van der Waals surface area contributed by atoms with Gasteiger partial charge in [-0.1, -0.05) is 31.2 Å². The van der Waals surface area contributed by atoms with Crippen molar-refractivity contribution in [3.63, 3.8) is 0 Å². The highest BCUT2D eigenvalue weighted by molar-refractivity contribution is 7.80. The van der Waals surface area contributed by atoms with Crippen LogP contribution in [0, 0.1) is 0 Å². The number of anilines is 2. The maximum absolute atomic E-state index is 13.2. The zero-order valence-corrected chi connectivity index (χ0v) is 21.1. The summed E-state index contributed by atoms with van der Waals surface area (Å²) < 4.78 is 32.0. The third kappa shape index (κ3) is 6.86. The molecule has 1 aliphatic rings. The summed E-state index contributed by atoms with van der Waals surface area (Å²) in [5.74, 6) is -0.189. The Balaban J connectivity index is 0.000000604. The molecule has 0 heterocycles. The van der Waals surface area contributed by atoms with Crippen LogP contribution in [-0.4, -0.2) is 76.9 Å². The van der Waals surface area contributed by atoms with Crippen LogP contribution in [0.4, 0.5) is 11.4 Å². The summed E-state index contributed by atoms with van der Waals surface area (Å²) in [5.41, 5.74) is 3.34. The number of nitrogens with one attached hydrogen (secondary N) is 2. The molecular formula is C24H33N3O6S. The zero-order valence-electron chi connectivity index (χ0n) is 20.3. The predicted molar refractivity (Wildman–Crippen MR) is 131 cm³/mol. The Morgan fingerprint density at radius 2 is 1.44 bits per heavy atom. The smallest absolute Gasteiger partial charge is 0.217 e. The second kappa shape index (κ2) is 11.6. The molecule has 34 heavy (non-hydrogen) atoms. The zero-order chi connectivity index (χ0) is 25.5. The molecule has 186 valence electrons. The van der Waals surface area contributed by atoms with Gasteiger partial charge in [-0.05, 0) is 18.6 Å². The number of quaternary nitrogens is 1. The summed E-state index contributed by atoms with van der Waals surface area (Å²) in [5, 5.41) is 6.47. The summed E-state index contributed by atoms with van der Waals surface area (Å²) in [6, 6.07) is 10.8. The van der Waals surface area contributed by atoms with Crippen molar-refractivity contribution in [3.8, 4) is 0 Å². The van der Waals surface area contributed by atoms with Crippen LogP contribution in [0.15, 0.2) is 36.4 Å². The number of ketones is 2. The van der Waals surface area contributed by atoms with Crippen LogP contribution >= 0.6 is 0 Å². The van der Waals surface area contributed by atoms with Gasteiger partial charge >= 0.3 is 0 Å². The van der Waals surface area contributed by atoms with Crippen LogP contribution in [0.3, 0.4) is 0 Å².